The van der Waals surface area contributed by atoms with Crippen LogP contribution in [0.25, 0.3) is 0 Å². The zero-order valence-corrected chi connectivity index (χ0v) is 16.0. The van der Waals surface area contributed by atoms with Gasteiger partial charge in [-0.25, -0.2) is 0 Å². The maximum absolute atomic E-state index is 6.00. The normalized spacial score (nSPS) is 25.9. The van der Waals surface area contributed by atoms with Gasteiger partial charge in [0.15, 0.2) is 0 Å². The van der Waals surface area contributed by atoms with E-state index in [1.54, 1.807) is 23.5 Å². The van der Waals surface area contributed by atoms with E-state index in [0.717, 1.165) is 10.5 Å². The summed E-state index contributed by atoms with van der Waals surface area (Å²) in [5.41, 5.74) is 0. The Morgan fingerprint density at radius 1 is 0.895 bits per heavy atom. The molecule has 2 aliphatic rings. The largest absolute Gasteiger partial charge is 1.00 e. The second-order valence-electron chi connectivity index (χ2n) is 5.18. The van der Waals surface area contributed by atoms with E-state index in [1.807, 2.05) is 0 Å². The second kappa shape index (κ2) is 9.06. The molecule has 1 aromatic heterocycles. The molecule has 0 spiro atoms. The second-order valence-corrected chi connectivity index (χ2v) is 8.27. The standard InChI is InChI=1S/C14H20OS2.2BrH/c1-3-13(16-7-1)9-11-5-6-12(15-11)10-14-4-2-8-17-14;;/h5-6,13-14H,1-4,7-10H2;2*1H. The lowest BCUT2D eigenvalue weighted by molar-refractivity contribution is -0.001000. The van der Waals surface area contributed by atoms with Gasteiger partial charge in [0.25, 0.3) is 0 Å². The highest BCUT2D eigenvalue weighted by Crippen LogP contribution is 2.22. The molecule has 2 saturated heterocycles. The summed E-state index contributed by atoms with van der Waals surface area (Å²) in [6.45, 7) is 0. The zero-order chi connectivity index (χ0) is 11.5. The molecule has 2 fully saturated rings. The van der Waals surface area contributed by atoms with Crippen LogP contribution in [0.5, 0.6) is 0 Å². The molecule has 3 rings (SSSR count). The van der Waals surface area contributed by atoms with Crippen molar-refractivity contribution in [1.29, 1.82) is 0 Å². The van der Waals surface area contributed by atoms with Gasteiger partial charge in [-0.2, -0.15) is 0 Å². The van der Waals surface area contributed by atoms with Gasteiger partial charge >= 0.3 is 0 Å². The highest BCUT2D eigenvalue weighted by atomic mass is 79.9. The first-order chi connectivity index (χ1) is 8.40. The predicted molar refractivity (Wildman–Crippen MR) is 79.4 cm³/mol. The van der Waals surface area contributed by atoms with Crippen LogP contribution in [-0.2, 0) is 36.4 Å². The van der Waals surface area contributed by atoms with E-state index < -0.39 is 0 Å². The Kier molecular flexibility index (Phi) is 8.58. The molecular formula is C14H22Br2OS2. The summed E-state index contributed by atoms with van der Waals surface area (Å²) in [5.74, 6) is 5.27. The van der Waals surface area contributed by atoms with Crippen molar-refractivity contribution in [3.05, 3.63) is 23.7 Å². The predicted octanol–water partition coefficient (Wildman–Crippen LogP) is -3.67. The van der Waals surface area contributed by atoms with Crippen LogP contribution in [0.4, 0.5) is 0 Å². The number of halogens is 2. The van der Waals surface area contributed by atoms with Crippen LogP contribution < -0.4 is 34.0 Å². The quantitative estimate of drug-likeness (QED) is 0.355. The van der Waals surface area contributed by atoms with Crippen molar-refractivity contribution in [2.45, 2.75) is 49.0 Å². The molecule has 2 atom stereocenters. The van der Waals surface area contributed by atoms with Gasteiger partial charge in [-0.1, -0.05) is 0 Å². The lowest BCUT2D eigenvalue weighted by Crippen LogP contribution is -3.00. The lowest BCUT2D eigenvalue weighted by Gasteiger charge is -2.01. The Balaban J connectivity index is 0.000000902. The fourth-order valence-corrected chi connectivity index (χ4v) is 5.63. The monoisotopic (exact) mass is 428 g/mol. The molecule has 2 aliphatic heterocycles. The Hall–Kier alpha value is 0.940. The molecule has 110 valence electrons. The summed E-state index contributed by atoms with van der Waals surface area (Å²) < 4.78 is 6.00. The maximum atomic E-state index is 6.00. The molecule has 19 heavy (non-hydrogen) atoms. The van der Waals surface area contributed by atoms with Crippen LogP contribution >= 0.6 is 0 Å². The first-order valence-electron chi connectivity index (χ1n) is 6.81. The summed E-state index contributed by atoms with van der Waals surface area (Å²) in [7, 11) is 0. The molecule has 0 amide bonds. The molecule has 1 nitrogen and oxygen atoms in total. The highest BCUT2D eigenvalue weighted by molar-refractivity contribution is 7.79. The van der Waals surface area contributed by atoms with E-state index in [4.69, 9.17) is 4.42 Å². The summed E-state index contributed by atoms with van der Waals surface area (Å²) >= 11 is 3.30. The molecule has 1 aromatic rings. The molecule has 0 N–H and O–H groups in total. The number of rotatable bonds is 4. The van der Waals surface area contributed by atoms with E-state index in [2.05, 4.69) is 12.1 Å². The Labute approximate surface area is 145 Å². The minimum Gasteiger partial charge on any atom is -1.00 e. The first kappa shape index (κ1) is 18.0. The van der Waals surface area contributed by atoms with Crippen molar-refractivity contribution in [1.82, 2.24) is 0 Å². The average Bonchev–Trinajstić information content (AvgIpc) is 3.02. The number of hydrogen-bond donors (Lipinski definition) is 0. The topological polar surface area (TPSA) is 13.1 Å². The molecule has 3 heterocycles. The van der Waals surface area contributed by atoms with Gasteiger partial charge in [-0.3, -0.25) is 0 Å². The van der Waals surface area contributed by atoms with E-state index in [-0.39, 0.29) is 34.0 Å². The molecule has 0 saturated carbocycles. The van der Waals surface area contributed by atoms with Crippen LogP contribution in [0, 0.1) is 0 Å². The van der Waals surface area contributed by atoms with Crippen LogP contribution in [0.15, 0.2) is 16.5 Å². The number of furan rings is 1. The summed E-state index contributed by atoms with van der Waals surface area (Å²) in [5, 5.41) is 1.75. The van der Waals surface area contributed by atoms with Crippen LogP contribution in [0.1, 0.15) is 37.2 Å². The van der Waals surface area contributed by atoms with Gasteiger partial charge in [-0.15, -0.1) is 0 Å². The Bertz CT molecular complexity index is 326. The van der Waals surface area contributed by atoms with Gasteiger partial charge < -0.3 is 38.4 Å². The van der Waals surface area contributed by atoms with Crippen LogP contribution in [0.3, 0.4) is 0 Å². The van der Waals surface area contributed by atoms with Crippen LogP contribution in [-0.4, -0.2) is 22.0 Å². The van der Waals surface area contributed by atoms with E-state index in [1.165, 1.54) is 61.6 Å². The van der Waals surface area contributed by atoms with Crippen molar-refractivity contribution in [3.63, 3.8) is 0 Å². The highest BCUT2D eigenvalue weighted by Gasteiger charge is 2.27. The summed E-state index contributed by atoms with van der Waals surface area (Å²) in [4.78, 5) is 0. The molecule has 0 bridgehead atoms. The fraction of sp³-hybridized carbons (Fsp3) is 0.714. The van der Waals surface area contributed by atoms with Crippen LogP contribution in [0.2, 0.25) is 0 Å². The zero-order valence-electron chi connectivity index (χ0n) is 11.0. The van der Waals surface area contributed by atoms with E-state index >= 15 is 0 Å². The van der Waals surface area contributed by atoms with Crippen molar-refractivity contribution >= 4 is 23.5 Å². The molecular weight excluding hydrogens is 408 g/mol. The van der Waals surface area contributed by atoms with Crippen molar-refractivity contribution in [2.75, 3.05) is 11.5 Å². The third-order valence-electron chi connectivity index (χ3n) is 3.76. The Morgan fingerprint density at radius 2 is 1.37 bits per heavy atom. The third kappa shape index (κ3) is 5.33. The van der Waals surface area contributed by atoms with E-state index in [0.29, 0.717) is 0 Å². The molecule has 5 heteroatoms. The van der Waals surface area contributed by atoms with Crippen molar-refractivity contribution < 1.29 is 38.4 Å². The minimum absolute atomic E-state index is 0. The van der Waals surface area contributed by atoms with Crippen molar-refractivity contribution in [2.24, 2.45) is 0 Å². The SMILES string of the molecule is [Br-].[Br-].c1cc(CC2CCC[SH+]2)oc1CC1CCC[SH+]1. The first-order valence-corrected chi connectivity index (χ1v) is 9.11. The fourth-order valence-electron chi connectivity index (χ4n) is 2.82. The van der Waals surface area contributed by atoms with Gasteiger partial charge in [0.05, 0.1) is 12.8 Å². The number of hydrogen-bond acceptors (Lipinski definition) is 1. The molecule has 0 aromatic carbocycles. The number of thiol groups is 2. The summed E-state index contributed by atoms with van der Waals surface area (Å²) in [6, 6.07) is 4.43. The van der Waals surface area contributed by atoms with Gasteiger partial charge in [0, 0.05) is 0 Å². The molecule has 0 aliphatic carbocycles. The van der Waals surface area contributed by atoms with E-state index in [9.17, 15) is 0 Å². The maximum Gasteiger partial charge on any atom is 0.123 e. The lowest BCUT2D eigenvalue weighted by atomic mass is 10.1. The minimum atomic E-state index is 0. The van der Waals surface area contributed by atoms with Gasteiger partial charge in [-0.05, 0) is 61.3 Å². The molecule has 0 radical (unpaired) electrons. The molecule has 2 unspecified atom stereocenters. The van der Waals surface area contributed by atoms with Gasteiger partial charge in [0.1, 0.15) is 33.5 Å². The summed E-state index contributed by atoms with van der Waals surface area (Å²) in [6.07, 6.45) is 7.98. The third-order valence-corrected chi connectivity index (χ3v) is 6.82. The van der Waals surface area contributed by atoms with Crippen molar-refractivity contribution in [3.8, 4) is 0 Å². The smallest absolute Gasteiger partial charge is 0.123 e. The average molecular weight is 430 g/mol. The Morgan fingerprint density at radius 3 is 1.74 bits per heavy atom. The van der Waals surface area contributed by atoms with Gasteiger partial charge in [0.2, 0.25) is 0 Å².